The molecule has 1 unspecified atom stereocenters. The molecule has 0 aromatic heterocycles. The third kappa shape index (κ3) is 6.61. The number of carbonyl (C=O) groups is 2. The van der Waals surface area contributed by atoms with E-state index >= 15 is 0 Å². The number of rotatable bonds is 10. The number of nitrogens with zero attached hydrogens (tertiary/aromatic N) is 1. The Labute approximate surface area is 186 Å². The van der Waals surface area contributed by atoms with Gasteiger partial charge >= 0.3 is 0 Å². The fourth-order valence-corrected chi connectivity index (χ4v) is 3.27. The summed E-state index contributed by atoms with van der Waals surface area (Å²) in [6.45, 7) is 3.73. The van der Waals surface area contributed by atoms with Crippen LogP contribution in [0.25, 0.3) is 0 Å². The zero-order valence-corrected chi connectivity index (χ0v) is 18.5. The lowest BCUT2D eigenvalue weighted by Crippen LogP contribution is -2.49. The Morgan fingerprint density at radius 2 is 1.80 bits per heavy atom. The topological polar surface area (TPSA) is 58.6 Å². The Balaban J connectivity index is 2.19. The molecule has 0 saturated carbocycles. The average molecular weight is 455 g/mol. The zero-order valence-electron chi connectivity index (χ0n) is 17.0. The number of para-hydroxylation sites is 1. The summed E-state index contributed by atoms with van der Waals surface area (Å²) in [6.07, 6.45) is 1.77. The summed E-state index contributed by atoms with van der Waals surface area (Å²) in [5.74, 6) is -1.41. The largest absolute Gasteiger partial charge is 0.481 e. The van der Waals surface area contributed by atoms with Crippen molar-refractivity contribution in [3.63, 3.8) is 0 Å². The van der Waals surface area contributed by atoms with Gasteiger partial charge in [-0.25, -0.2) is 4.39 Å². The number of carbonyl (C=O) groups excluding carboxylic acids is 2. The molecular formula is C22H25Cl2FN2O3. The second-order valence-electron chi connectivity index (χ2n) is 6.76. The SMILES string of the molecule is CCCCNC(=O)C(C)N(Cc1c(Cl)cccc1Cl)C(=O)COc1ccccc1F. The molecule has 30 heavy (non-hydrogen) atoms. The summed E-state index contributed by atoms with van der Waals surface area (Å²) in [5.41, 5.74) is 0.522. The molecule has 0 radical (unpaired) electrons. The zero-order chi connectivity index (χ0) is 22.1. The van der Waals surface area contributed by atoms with Crippen LogP contribution in [0.5, 0.6) is 5.75 Å². The first-order chi connectivity index (χ1) is 14.3. The van der Waals surface area contributed by atoms with Gasteiger partial charge in [0.1, 0.15) is 6.04 Å². The number of halogens is 3. The molecule has 1 atom stereocenters. The van der Waals surface area contributed by atoms with Gasteiger partial charge in [-0.05, 0) is 37.6 Å². The first-order valence-corrected chi connectivity index (χ1v) is 10.5. The molecule has 162 valence electrons. The van der Waals surface area contributed by atoms with Gasteiger partial charge in [-0.3, -0.25) is 9.59 Å². The summed E-state index contributed by atoms with van der Waals surface area (Å²) in [7, 11) is 0. The maximum absolute atomic E-state index is 13.8. The molecule has 2 amide bonds. The van der Waals surface area contributed by atoms with E-state index < -0.39 is 24.4 Å². The van der Waals surface area contributed by atoms with Crippen molar-refractivity contribution in [1.82, 2.24) is 10.2 Å². The van der Waals surface area contributed by atoms with Gasteiger partial charge < -0.3 is 15.0 Å². The average Bonchev–Trinajstić information content (AvgIpc) is 2.72. The molecule has 0 heterocycles. The van der Waals surface area contributed by atoms with E-state index in [2.05, 4.69) is 5.32 Å². The molecule has 0 saturated heterocycles. The highest BCUT2D eigenvalue weighted by Crippen LogP contribution is 2.26. The van der Waals surface area contributed by atoms with Crippen LogP contribution in [-0.2, 0) is 16.1 Å². The normalized spacial score (nSPS) is 11.6. The Hall–Kier alpha value is -2.31. The van der Waals surface area contributed by atoms with Crippen LogP contribution in [0, 0.1) is 5.82 Å². The van der Waals surface area contributed by atoms with E-state index in [9.17, 15) is 14.0 Å². The highest BCUT2D eigenvalue weighted by molar-refractivity contribution is 6.36. The minimum absolute atomic E-state index is 0.0142. The third-order valence-corrected chi connectivity index (χ3v) is 5.28. The molecule has 2 aromatic rings. The van der Waals surface area contributed by atoms with Gasteiger partial charge in [-0.2, -0.15) is 0 Å². The third-order valence-electron chi connectivity index (χ3n) is 4.57. The quantitative estimate of drug-likeness (QED) is 0.522. The van der Waals surface area contributed by atoms with Crippen molar-refractivity contribution in [2.45, 2.75) is 39.3 Å². The monoisotopic (exact) mass is 454 g/mol. The molecule has 0 bridgehead atoms. The van der Waals surface area contributed by atoms with E-state index in [4.69, 9.17) is 27.9 Å². The molecule has 0 fully saturated rings. The second kappa shape index (κ2) is 11.8. The smallest absolute Gasteiger partial charge is 0.261 e. The Kier molecular flexibility index (Phi) is 9.40. The van der Waals surface area contributed by atoms with E-state index in [0.717, 1.165) is 12.8 Å². The number of nitrogens with one attached hydrogen (secondary N) is 1. The van der Waals surface area contributed by atoms with Crippen LogP contribution in [0.2, 0.25) is 10.0 Å². The minimum Gasteiger partial charge on any atom is -0.481 e. The molecule has 2 rings (SSSR count). The molecule has 5 nitrogen and oxygen atoms in total. The Morgan fingerprint density at radius 1 is 1.13 bits per heavy atom. The molecule has 0 aliphatic heterocycles. The first-order valence-electron chi connectivity index (χ1n) is 9.72. The number of hydrogen-bond donors (Lipinski definition) is 1. The van der Waals surface area contributed by atoms with Crippen LogP contribution in [0.4, 0.5) is 4.39 Å². The van der Waals surface area contributed by atoms with Crippen LogP contribution >= 0.6 is 23.2 Å². The van der Waals surface area contributed by atoms with Crippen LogP contribution in [0.3, 0.4) is 0 Å². The number of unbranched alkanes of at least 4 members (excludes halogenated alkanes) is 1. The van der Waals surface area contributed by atoms with Crippen molar-refractivity contribution in [1.29, 1.82) is 0 Å². The highest BCUT2D eigenvalue weighted by Gasteiger charge is 2.27. The minimum atomic E-state index is -0.800. The summed E-state index contributed by atoms with van der Waals surface area (Å²) in [6, 6.07) is 10.0. The van der Waals surface area contributed by atoms with Crippen molar-refractivity contribution in [3.8, 4) is 5.75 Å². The van der Waals surface area contributed by atoms with E-state index in [-0.39, 0.29) is 18.2 Å². The maximum Gasteiger partial charge on any atom is 0.261 e. The lowest BCUT2D eigenvalue weighted by atomic mass is 10.1. The molecule has 8 heteroatoms. The van der Waals surface area contributed by atoms with E-state index in [0.29, 0.717) is 22.2 Å². The van der Waals surface area contributed by atoms with Gasteiger partial charge in [0.15, 0.2) is 18.2 Å². The van der Waals surface area contributed by atoms with E-state index in [1.54, 1.807) is 31.2 Å². The predicted octanol–water partition coefficient (Wildman–Crippen LogP) is 4.84. The first kappa shape index (κ1) is 24.0. The fraction of sp³-hybridized carbons (Fsp3) is 0.364. The number of amides is 2. The van der Waals surface area contributed by atoms with Crippen molar-refractivity contribution >= 4 is 35.0 Å². The molecule has 0 aliphatic rings. The number of hydrogen-bond acceptors (Lipinski definition) is 3. The Morgan fingerprint density at radius 3 is 2.43 bits per heavy atom. The predicted molar refractivity (Wildman–Crippen MR) is 116 cm³/mol. The summed E-state index contributed by atoms with van der Waals surface area (Å²) >= 11 is 12.5. The molecule has 2 aromatic carbocycles. The number of benzene rings is 2. The Bertz CT molecular complexity index is 859. The standard InChI is InChI=1S/C22H25Cl2FN2O3/c1-3-4-12-26-22(29)15(2)27(13-16-17(23)8-7-9-18(16)24)21(28)14-30-20-11-6-5-10-19(20)25/h5-11,15H,3-4,12-14H2,1-2H3,(H,26,29). The van der Waals surface area contributed by atoms with Crippen molar-refractivity contribution < 1.29 is 18.7 Å². The van der Waals surface area contributed by atoms with Gasteiger partial charge in [0.25, 0.3) is 5.91 Å². The summed E-state index contributed by atoms with van der Waals surface area (Å²) < 4.78 is 19.1. The molecule has 0 spiro atoms. The van der Waals surface area contributed by atoms with Crippen molar-refractivity contribution in [2.24, 2.45) is 0 Å². The van der Waals surface area contributed by atoms with Gasteiger partial charge in [0.2, 0.25) is 5.91 Å². The lowest BCUT2D eigenvalue weighted by Gasteiger charge is -2.29. The number of ether oxygens (including phenoxy) is 1. The van der Waals surface area contributed by atoms with E-state index in [1.165, 1.54) is 23.1 Å². The highest BCUT2D eigenvalue weighted by atomic mass is 35.5. The van der Waals surface area contributed by atoms with Gasteiger partial charge in [0.05, 0.1) is 0 Å². The molecular weight excluding hydrogens is 430 g/mol. The second-order valence-corrected chi connectivity index (χ2v) is 7.58. The van der Waals surface area contributed by atoms with Crippen LogP contribution in [0.15, 0.2) is 42.5 Å². The fourth-order valence-electron chi connectivity index (χ4n) is 2.76. The molecule has 1 N–H and O–H groups in total. The lowest BCUT2D eigenvalue weighted by molar-refractivity contribution is -0.142. The van der Waals surface area contributed by atoms with Gasteiger partial charge in [0, 0.05) is 28.7 Å². The van der Waals surface area contributed by atoms with Crippen LogP contribution in [-0.4, -0.2) is 35.9 Å². The van der Waals surface area contributed by atoms with Crippen molar-refractivity contribution in [2.75, 3.05) is 13.2 Å². The van der Waals surface area contributed by atoms with Gasteiger partial charge in [-0.15, -0.1) is 0 Å². The maximum atomic E-state index is 13.8. The van der Waals surface area contributed by atoms with Crippen molar-refractivity contribution in [3.05, 3.63) is 63.9 Å². The molecule has 0 aliphatic carbocycles. The van der Waals surface area contributed by atoms with E-state index in [1.807, 2.05) is 6.92 Å². The summed E-state index contributed by atoms with van der Waals surface area (Å²) in [5, 5.41) is 3.58. The summed E-state index contributed by atoms with van der Waals surface area (Å²) in [4.78, 5) is 26.9. The van der Waals surface area contributed by atoms with Crippen LogP contribution < -0.4 is 10.1 Å². The van der Waals surface area contributed by atoms with Gasteiger partial charge in [-0.1, -0.05) is 54.7 Å². The van der Waals surface area contributed by atoms with Crippen LogP contribution in [0.1, 0.15) is 32.3 Å².